The SMILES string of the molecule is CCCCCCCCCCCCCC(C)(CCCCCC)C(=O)O. The molecule has 0 heterocycles. The average Bonchev–Trinajstić information content (AvgIpc) is 2.56. The molecular formula is C22H44O2. The van der Waals surface area contributed by atoms with Gasteiger partial charge in [0.15, 0.2) is 0 Å². The maximum absolute atomic E-state index is 11.6. The molecule has 1 unspecified atom stereocenters. The van der Waals surface area contributed by atoms with Crippen molar-refractivity contribution < 1.29 is 9.90 Å². The van der Waals surface area contributed by atoms with Crippen molar-refractivity contribution in [1.82, 2.24) is 0 Å². The minimum absolute atomic E-state index is 0.493. The Bertz CT molecular complexity index is 288. The lowest BCUT2D eigenvalue weighted by atomic mass is 9.80. The Hall–Kier alpha value is -0.530. The highest BCUT2D eigenvalue weighted by molar-refractivity contribution is 5.74. The molecule has 0 bridgehead atoms. The van der Waals surface area contributed by atoms with E-state index in [4.69, 9.17) is 0 Å². The van der Waals surface area contributed by atoms with Crippen LogP contribution in [0.2, 0.25) is 0 Å². The molecule has 1 N–H and O–H groups in total. The summed E-state index contributed by atoms with van der Waals surface area (Å²) in [7, 11) is 0. The molecule has 0 aromatic carbocycles. The molecule has 1 atom stereocenters. The molecule has 0 rings (SSSR count). The molecule has 144 valence electrons. The van der Waals surface area contributed by atoms with Gasteiger partial charge in [0.2, 0.25) is 0 Å². The third-order valence-electron chi connectivity index (χ3n) is 5.43. The van der Waals surface area contributed by atoms with Gasteiger partial charge in [0.25, 0.3) is 0 Å². The standard InChI is InChI=1S/C22H44O2/c1-4-6-8-10-11-12-13-14-15-16-18-20-22(3,21(23)24)19-17-9-7-5-2/h4-20H2,1-3H3,(H,23,24). The molecule has 0 amide bonds. The second kappa shape index (κ2) is 16.0. The van der Waals surface area contributed by atoms with E-state index < -0.39 is 11.4 Å². The number of hydrogen-bond donors (Lipinski definition) is 1. The van der Waals surface area contributed by atoms with Crippen LogP contribution in [0.1, 0.15) is 130 Å². The van der Waals surface area contributed by atoms with Gasteiger partial charge in [-0.15, -0.1) is 0 Å². The lowest BCUT2D eigenvalue weighted by Crippen LogP contribution is -2.27. The summed E-state index contributed by atoms with van der Waals surface area (Å²) < 4.78 is 0. The maximum atomic E-state index is 11.6. The first-order chi connectivity index (χ1) is 11.6. The zero-order valence-electron chi connectivity index (χ0n) is 16.9. The smallest absolute Gasteiger partial charge is 0.309 e. The fourth-order valence-electron chi connectivity index (χ4n) is 3.46. The molecule has 0 aliphatic rings. The van der Waals surface area contributed by atoms with Gasteiger partial charge in [0.1, 0.15) is 0 Å². The summed E-state index contributed by atoms with van der Waals surface area (Å²) in [5, 5.41) is 9.55. The van der Waals surface area contributed by atoms with E-state index in [1.165, 1.54) is 83.5 Å². The molecule has 0 radical (unpaired) electrons. The van der Waals surface area contributed by atoms with E-state index in [1.807, 2.05) is 6.92 Å². The molecule has 0 saturated carbocycles. The van der Waals surface area contributed by atoms with Gasteiger partial charge in [-0.3, -0.25) is 4.79 Å². The van der Waals surface area contributed by atoms with Crippen molar-refractivity contribution in [1.29, 1.82) is 0 Å². The summed E-state index contributed by atoms with van der Waals surface area (Å²) in [6.45, 7) is 6.42. The van der Waals surface area contributed by atoms with Crippen LogP contribution < -0.4 is 0 Å². The Balaban J connectivity index is 3.61. The van der Waals surface area contributed by atoms with E-state index >= 15 is 0 Å². The van der Waals surface area contributed by atoms with Crippen LogP contribution in [0, 0.1) is 5.41 Å². The first-order valence-electron chi connectivity index (χ1n) is 10.8. The van der Waals surface area contributed by atoms with Crippen LogP contribution in [0.25, 0.3) is 0 Å². The zero-order valence-corrected chi connectivity index (χ0v) is 16.9. The predicted octanol–water partition coefficient (Wildman–Crippen LogP) is 7.75. The minimum atomic E-state index is -0.592. The molecular weight excluding hydrogens is 296 g/mol. The number of rotatable bonds is 18. The van der Waals surface area contributed by atoms with Gasteiger partial charge in [0, 0.05) is 0 Å². The van der Waals surface area contributed by atoms with E-state index in [2.05, 4.69) is 13.8 Å². The highest BCUT2D eigenvalue weighted by Crippen LogP contribution is 2.31. The van der Waals surface area contributed by atoms with Gasteiger partial charge < -0.3 is 5.11 Å². The van der Waals surface area contributed by atoms with Crippen LogP contribution >= 0.6 is 0 Å². The largest absolute Gasteiger partial charge is 0.481 e. The van der Waals surface area contributed by atoms with Crippen molar-refractivity contribution in [2.24, 2.45) is 5.41 Å². The third kappa shape index (κ3) is 12.8. The predicted molar refractivity (Wildman–Crippen MR) is 106 cm³/mol. The number of carboxylic acid groups (broad SMARTS) is 1. The molecule has 2 heteroatoms. The van der Waals surface area contributed by atoms with Crippen molar-refractivity contribution in [3.8, 4) is 0 Å². The fourth-order valence-corrected chi connectivity index (χ4v) is 3.46. The van der Waals surface area contributed by atoms with Gasteiger partial charge in [-0.2, -0.15) is 0 Å². The Kier molecular flexibility index (Phi) is 15.6. The summed E-state index contributed by atoms with van der Waals surface area (Å²) in [6.07, 6.45) is 20.9. The first kappa shape index (κ1) is 23.5. The van der Waals surface area contributed by atoms with Crippen LogP contribution in [0.3, 0.4) is 0 Å². The molecule has 0 aliphatic heterocycles. The van der Waals surface area contributed by atoms with Crippen molar-refractivity contribution in [3.05, 3.63) is 0 Å². The molecule has 0 fully saturated rings. The molecule has 2 nitrogen and oxygen atoms in total. The monoisotopic (exact) mass is 340 g/mol. The normalized spacial score (nSPS) is 13.8. The lowest BCUT2D eigenvalue weighted by Gasteiger charge is -2.24. The summed E-state index contributed by atoms with van der Waals surface area (Å²) in [5.74, 6) is -0.592. The Morgan fingerprint density at radius 2 is 0.917 bits per heavy atom. The quantitative estimate of drug-likeness (QED) is 0.259. The van der Waals surface area contributed by atoms with E-state index in [0.29, 0.717) is 0 Å². The van der Waals surface area contributed by atoms with Crippen LogP contribution in [0.15, 0.2) is 0 Å². The summed E-state index contributed by atoms with van der Waals surface area (Å²) in [6, 6.07) is 0. The van der Waals surface area contributed by atoms with Crippen LogP contribution in [0.4, 0.5) is 0 Å². The lowest BCUT2D eigenvalue weighted by molar-refractivity contribution is -0.149. The van der Waals surface area contributed by atoms with Crippen LogP contribution in [-0.2, 0) is 4.79 Å². The molecule has 0 aromatic rings. The highest BCUT2D eigenvalue weighted by Gasteiger charge is 2.31. The van der Waals surface area contributed by atoms with Gasteiger partial charge in [-0.05, 0) is 19.8 Å². The van der Waals surface area contributed by atoms with E-state index in [-0.39, 0.29) is 0 Å². The first-order valence-corrected chi connectivity index (χ1v) is 10.8. The Morgan fingerprint density at radius 3 is 1.25 bits per heavy atom. The summed E-state index contributed by atoms with van der Waals surface area (Å²) in [4.78, 5) is 11.6. The third-order valence-corrected chi connectivity index (χ3v) is 5.43. The fraction of sp³-hybridized carbons (Fsp3) is 0.955. The molecule has 0 aliphatic carbocycles. The second-order valence-electron chi connectivity index (χ2n) is 7.96. The minimum Gasteiger partial charge on any atom is -0.481 e. The molecule has 0 spiro atoms. The average molecular weight is 341 g/mol. The number of aliphatic carboxylic acids is 1. The van der Waals surface area contributed by atoms with Gasteiger partial charge in [-0.25, -0.2) is 0 Å². The summed E-state index contributed by atoms with van der Waals surface area (Å²) in [5.41, 5.74) is -0.493. The number of carbonyl (C=O) groups is 1. The Labute approximate surface area is 151 Å². The van der Waals surface area contributed by atoms with Crippen molar-refractivity contribution >= 4 is 5.97 Å². The topological polar surface area (TPSA) is 37.3 Å². The Morgan fingerprint density at radius 1 is 0.625 bits per heavy atom. The highest BCUT2D eigenvalue weighted by atomic mass is 16.4. The van der Waals surface area contributed by atoms with Crippen molar-refractivity contribution in [2.45, 2.75) is 130 Å². The van der Waals surface area contributed by atoms with Gasteiger partial charge in [-0.1, -0.05) is 110 Å². The summed E-state index contributed by atoms with van der Waals surface area (Å²) >= 11 is 0. The van der Waals surface area contributed by atoms with E-state index in [9.17, 15) is 9.90 Å². The molecule has 24 heavy (non-hydrogen) atoms. The van der Waals surface area contributed by atoms with Crippen molar-refractivity contribution in [2.75, 3.05) is 0 Å². The molecule has 0 aromatic heterocycles. The van der Waals surface area contributed by atoms with Crippen LogP contribution in [0.5, 0.6) is 0 Å². The zero-order chi connectivity index (χ0) is 18.1. The van der Waals surface area contributed by atoms with Crippen LogP contribution in [-0.4, -0.2) is 11.1 Å². The van der Waals surface area contributed by atoms with Crippen molar-refractivity contribution in [3.63, 3.8) is 0 Å². The number of unbranched alkanes of at least 4 members (excludes halogenated alkanes) is 13. The van der Waals surface area contributed by atoms with E-state index in [1.54, 1.807) is 0 Å². The second-order valence-corrected chi connectivity index (χ2v) is 7.96. The van der Waals surface area contributed by atoms with Gasteiger partial charge in [0.05, 0.1) is 5.41 Å². The number of carboxylic acids is 1. The van der Waals surface area contributed by atoms with Gasteiger partial charge >= 0.3 is 5.97 Å². The number of hydrogen-bond acceptors (Lipinski definition) is 1. The van der Waals surface area contributed by atoms with E-state index in [0.717, 1.165) is 25.7 Å². The molecule has 0 saturated heterocycles. The maximum Gasteiger partial charge on any atom is 0.309 e.